The summed E-state index contributed by atoms with van der Waals surface area (Å²) < 4.78 is 0.554. The first-order valence-corrected chi connectivity index (χ1v) is 8.05. The Morgan fingerprint density at radius 3 is 2.76 bits per heavy atom. The van der Waals surface area contributed by atoms with Gasteiger partial charge in [0.25, 0.3) is 5.69 Å². The third kappa shape index (κ3) is 2.96. The summed E-state index contributed by atoms with van der Waals surface area (Å²) in [4.78, 5) is 13.9. The highest BCUT2D eigenvalue weighted by molar-refractivity contribution is 9.10. The predicted octanol–water partition coefficient (Wildman–Crippen LogP) is 5.13. The van der Waals surface area contributed by atoms with Crippen LogP contribution in [0.2, 0.25) is 0 Å². The van der Waals surface area contributed by atoms with Crippen LogP contribution in [0.25, 0.3) is 10.9 Å². The van der Waals surface area contributed by atoms with E-state index in [9.17, 15) is 10.1 Å². The predicted molar refractivity (Wildman–Crippen MR) is 88.7 cm³/mol. The highest BCUT2D eigenvalue weighted by atomic mass is 79.9. The molecule has 6 heteroatoms. The second kappa shape index (κ2) is 5.91. The van der Waals surface area contributed by atoms with Crippen molar-refractivity contribution in [3.8, 4) is 0 Å². The van der Waals surface area contributed by atoms with E-state index in [1.165, 1.54) is 6.07 Å². The van der Waals surface area contributed by atoms with E-state index in [1.54, 1.807) is 17.8 Å². The van der Waals surface area contributed by atoms with Crippen LogP contribution in [0, 0.1) is 10.1 Å². The maximum absolute atomic E-state index is 10.9. The molecular weight excluding hydrogens is 352 g/mol. The van der Waals surface area contributed by atoms with Gasteiger partial charge in [0.1, 0.15) is 0 Å². The third-order valence-electron chi connectivity index (χ3n) is 3.14. The van der Waals surface area contributed by atoms with Gasteiger partial charge in [-0.15, -0.1) is 11.8 Å². The lowest BCUT2D eigenvalue weighted by molar-refractivity contribution is -0.385. The van der Waals surface area contributed by atoms with Crippen molar-refractivity contribution < 1.29 is 4.92 Å². The monoisotopic (exact) mass is 362 g/mol. The van der Waals surface area contributed by atoms with Gasteiger partial charge < -0.3 is 4.98 Å². The average Bonchev–Trinajstić information content (AvgIpc) is 2.88. The smallest absolute Gasteiger partial charge is 0.283 e. The van der Waals surface area contributed by atoms with Crippen LogP contribution in [-0.2, 0) is 5.75 Å². The Morgan fingerprint density at radius 2 is 2.00 bits per heavy atom. The van der Waals surface area contributed by atoms with Gasteiger partial charge in [-0.25, -0.2) is 0 Å². The van der Waals surface area contributed by atoms with Crippen LogP contribution in [0.3, 0.4) is 0 Å². The second-order valence-corrected chi connectivity index (χ2v) is 6.33. The Bertz CT molecular complexity index is 783. The zero-order chi connectivity index (χ0) is 14.8. The van der Waals surface area contributed by atoms with Gasteiger partial charge in [0.05, 0.1) is 14.4 Å². The van der Waals surface area contributed by atoms with Crippen molar-refractivity contribution in [3.05, 3.63) is 68.7 Å². The Balaban J connectivity index is 1.81. The molecule has 0 spiro atoms. The minimum absolute atomic E-state index is 0.102. The van der Waals surface area contributed by atoms with Crippen molar-refractivity contribution in [1.29, 1.82) is 0 Å². The van der Waals surface area contributed by atoms with E-state index in [1.807, 2.05) is 24.3 Å². The fourth-order valence-corrected chi connectivity index (χ4v) is 3.78. The molecule has 3 aromatic rings. The molecule has 4 nitrogen and oxygen atoms in total. The van der Waals surface area contributed by atoms with Crippen molar-refractivity contribution in [2.45, 2.75) is 10.8 Å². The first-order valence-electron chi connectivity index (χ1n) is 6.27. The number of nitrogens with zero attached hydrogens (tertiary/aromatic N) is 1. The minimum Gasteiger partial charge on any atom is -0.350 e. The molecule has 106 valence electrons. The lowest BCUT2D eigenvalue weighted by Gasteiger charge is -2.03. The fraction of sp³-hybridized carbons (Fsp3) is 0.0667. The quantitative estimate of drug-likeness (QED) is 0.397. The molecule has 1 N–H and O–H groups in total. The SMILES string of the molecule is O=[N+]([O-])c1cccc(CSc2cc3ccccc3[nH]2)c1Br. The van der Waals surface area contributed by atoms with Crippen LogP contribution in [0.5, 0.6) is 0 Å². The summed E-state index contributed by atoms with van der Waals surface area (Å²) in [7, 11) is 0. The molecule has 0 radical (unpaired) electrons. The van der Waals surface area contributed by atoms with Crippen LogP contribution in [0.1, 0.15) is 5.56 Å². The average molecular weight is 363 g/mol. The van der Waals surface area contributed by atoms with E-state index < -0.39 is 0 Å². The van der Waals surface area contributed by atoms with Gasteiger partial charge in [-0.2, -0.15) is 0 Å². The van der Waals surface area contributed by atoms with Gasteiger partial charge in [-0.1, -0.05) is 30.3 Å². The largest absolute Gasteiger partial charge is 0.350 e. The summed E-state index contributed by atoms with van der Waals surface area (Å²) in [5, 5.41) is 13.1. The number of fused-ring (bicyclic) bond motifs is 1. The number of aromatic amines is 1. The molecule has 0 saturated heterocycles. The van der Waals surface area contributed by atoms with Gasteiger partial charge in [0, 0.05) is 22.7 Å². The van der Waals surface area contributed by atoms with E-state index >= 15 is 0 Å². The first kappa shape index (κ1) is 14.2. The Hall–Kier alpha value is -1.79. The summed E-state index contributed by atoms with van der Waals surface area (Å²) in [5.74, 6) is 0.662. The molecule has 0 amide bonds. The number of para-hydroxylation sites is 1. The molecule has 0 aliphatic heterocycles. The van der Waals surface area contributed by atoms with E-state index in [-0.39, 0.29) is 10.6 Å². The van der Waals surface area contributed by atoms with E-state index in [2.05, 4.69) is 33.0 Å². The molecule has 0 fully saturated rings. The van der Waals surface area contributed by atoms with Crippen LogP contribution in [0.15, 0.2) is 58.0 Å². The zero-order valence-electron chi connectivity index (χ0n) is 10.9. The maximum atomic E-state index is 10.9. The second-order valence-electron chi connectivity index (χ2n) is 4.52. The first-order chi connectivity index (χ1) is 10.1. The Kier molecular flexibility index (Phi) is 3.98. The molecule has 0 bridgehead atoms. The molecular formula is C15H11BrN2O2S. The number of thioether (sulfide) groups is 1. The summed E-state index contributed by atoms with van der Waals surface area (Å²) in [6.07, 6.45) is 0. The summed E-state index contributed by atoms with van der Waals surface area (Å²) in [5.41, 5.74) is 2.11. The Labute approximate surface area is 133 Å². The summed E-state index contributed by atoms with van der Waals surface area (Å²) in [6.45, 7) is 0. The van der Waals surface area contributed by atoms with Crippen LogP contribution < -0.4 is 0 Å². The molecule has 0 aliphatic rings. The number of halogens is 1. The number of H-pyrrole nitrogens is 1. The number of nitro benzene ring substituents is 1. The van der Waals surface area contributed by atoms with Gasteiger partial charge in [-0.05, 0) is 33.6 Å². The zero-order valence-corrected chi connectivity index (χ0v) is 13.3. The van der Waals surface area contributed by atoms with Crippen molar-refractivity contribution >= 4 is 44.3 Å². The number of hydrogen-bond acceptors (Lipinski definition) is 3. The van der Waals surface area contributed by atoms with Gasteiger partial charge in [-0.3, -0.25) is 10.1 Å². The summed E-state index contributed by atoms with van der Waals surface area (Å²) in [6, 6.07) is 15.3. The lowest BCUT2D eigenvalue weighted by atomic mass is 10.2. The standard InChI is InChI=1S/C15H11BrN2O2S/c16-15-11(5-3-7-13(15)18(19)20)9-21-14-8-10-4-1-2-6-12(10)17-14/h1-8,17H,9H2. The Morgan fingerprint density at radius 1 is 1.19 bits per heavy atom. The number of nitro groups is 1. The molecule has 21 heavy (non-hydrogen) atoms. The molecule has 1 aromatic heterocycles. The van der Waals surface area contributed by atoms with E-state index in [0.717, 1.165) is 21.5 Å². The maximum Gasteiger partial charge on any atom is 0.283 e. The molecule has 2 aromatic carbocycles. The van der Waals surface area contributed by atoms with Crippen LogP contribution >= 0.6 is 27.7 Å². The number of benzene rings is 2. The molecule has 1 heterocycles. The van der Waals surface area contributed by atoms with Gasteiger partial charge >= 0.3 is 0 Å². The van der Waals surface area contributed by atoms with Crippen LogP contribution in [0.4, 0.5) is 5.69 Å². The number of hydrogen-bond donors (Lipinski definition) is 1. The molecule has 0 unspecified atom stereocenters. The molecule has 3 rings (SSSR count). The number of rotatable bonds is 4. The van der Waals surface area contributed by atoms with E-state index in [4.69, 9.17) is 0 Å². The fourth-order valence-electron chi connectivity index (χ4n) is 2.10. The van der Waals surface area contributed by atoms with Crippen molar-refractivity contribution in [3.63, 3.8) is 0 Å². The van der Waals surface area contributed by atoms with Crippen molar-refractivity contribution in [1.82, 2.24) is 4.98 Å². The van der Waals surface area contributed by atoms with Gasteiger partial charge in [0.15, 0.2) is 0 Å². The highest BCUT2D eigenvalue weighted by Crippen LogP contribution is 2.33. The van der Waals surface area contributed by atoms with Crippen LogP contribution in [-0.4, -0.2) is 9.91 Å². The highest BCUT2D eigenvalue weighted by Gasteiger charge is 2.15. The molecule has 0 aliphatic carbocycles. The van der Waals surface area contributed by atoms with Crippen molar-refractivity contribution in [2.75, 3.05) is 0 Å². The minimum atomic E-state index is -0.374. The van der Waals surface area contributed by atoms with E-state index in [0.29, 0.717) is 10.2 Å². The third-order valence-corrected chi connectivity index (χ3v) is 5.05. The molecule has 0 saturated carbocycles. The summed E-state index contributed by atoms with van der Waals surface area (Å²) >= 11 is 4.95. The van der Waals surface area contributed by atoms with Crippen molar-refractivity contribution in [2.24, 2.45) is 0 Å². The topological polar surface area (TPSA) is 58.9 Å². The lowest BCUT2D eigenvalue weighted by Crippen LogP contribution is -1.92. The van der Waals surface area contributed by atoms with Gasteiger partial charge in [0.2, 0.25) is 0 Å². The normalized spacial score (nSPS) is 10.9. The molecule has 0 atom stereocenters. The number of nitrogens with one attached hydrogen (secondary N) is 1. The number of aromatic nitrogens is 1.